The van der Waals surface area contributed by atoms with Gasteiger partial charge in [0.2, 0.25) is 15.9 Å². The van der Waals surface area contributed by atoms with Crippen LogP contribution in [0.2, 0.25) is 5.02 Å². The maximum Gasteiger partial charge on any atom is 0.249 e. The van der Waals surface area contributed by atoms with Crippen LogP contribution in [0.4, 0.5) is 4.39 Å². The number of hydrogen-bond donors (Lipinski definition) is 1. The molecule has 0 radical (unpaired) electrons. The molecule has 0 fully saturated rings. The highest BCUT2D eigenvalue weighted by Crippen LogP contribution is 2.46. The summed E-state index contributed by atoms with van der Waals surface area (Å²) >= 11 is 9.88. The zero-order valence-corrected chi connectivity index (χ0v) is 26.8. The normalized spacial score (nSPS) is 17.9. The molecule has 3 atom stereocenters. The van der Waals surface area contributed by atoms with Gasteiger partial charge in [-0.25, -0.2) is 12.8 Å². The van der Waals surface area contributed by atoms with Gasteiger partial charge in [0.15, 0.2) is 5.78 Å². The summed E-state index contributed by atoms with van der Waals surface area (Å²) < 4.78 is 45.0. The van der Waals surface area contributed by atoms with Crippen molar-refractivity contribution in [3.63, 3.8) is 0 Å². The van der Waals surface area contributed by atoms with Gasteiger partial charge in [-0.15, -0.1) is 0 Å². The number of rotatable bonds is 9. The zero-order valence-electron chi connectivity index (χ0n) is 23.7. The van der Waals surface area contributed by atoms with Crippen LogP contribution in [0.1, 0.15) is 42.1 Å². The van der Waals surface area contributed by atoms with Crippen LogP contribution in [0.5, 0.6) is 0 Å². The topological polar surface area (TPSA) is 83.6 Å². The van der Waals surface area contributed by atoms with Crippen LogP contribution in [-0.4, -0.2) is 30.5 Å². The van der Waals surface area contributed by atoms with Crippen molar-refractivity contribution in [3.8, 4) is 0 Å². The number of ketones is 1. The Balaban J connectivity index is 1.65. The number of carbonyl (C=O) groups is 2. The van der Waals surface area contributed by atoms with Crippen LogP contribution in [0.3, 0.4) is 0 Å². The van der Waals surface area contributed by atoms with Gasteiger partial charge in [-0.1, -0.05) is 88.2 Å². The Morgan fingerprint density at radius 3 is 2.30 bits per heavy atom. The Bertz CT molecular complexity index is 1820. The fraction of sp³-hybridized carbons (Fsp3) is 0.176. The number of Topliss-reactive ketones (excluding diaryl/α,β-unsaturated/α-hetero) is 1. The van der Waals surface area contributed by atoms with E-state index in [9.17, 15) is 22.4 Å². The van der Waals surface area contributed by atoms with Crippen molar-refractivity contribution in [3.05, 3.63) is 147 Å². The maximum atomic E-state index is 14.5. The third kappa shape index (κ3) is 7.02. The van der Waals surface area contributed by atoms with Gasteiger partial charge in [0.25, 0.3) is 0 Å². The largest absolute Gasteiger partial charge is 0.342 e. The van der Waals surface area contributed by atoms with Gasteiger partial charge < -0.3 is 5.32 Å². The molecule has 4 aromatic rings. The van der Waals surface area contributed by atoms with Crippen molar-refractivity contribution in [2.75, 3.05) is 0 Å². The fourth-order valence-corrected chi connectivity index (χ4v) is 7.81. The predicted molar refractivity (Wildman–Crippen MR) is 172 cm³/mol. The third-order valence-corrected chi connectivity index (χ3v) is 10.2. The second kappa shape index (κ2) is 13.6. The second-order valence-electron chi connectivity index (χ2n) is 10.5. The molecule has 0 aromatic heterocycles. The van der Waals surface area contributed by atoms with Crippen LogP contribution >= 0.6 is 27.5 Å². The molecule has 10 heteroatoms. The molecule has 1 aliphatic rings. The summed E-state index contributed by atoms with van der Waals surface area (Å²) in [5.41, 5.74) is 2.18. The van der Waals surface area contributed by atoms with Crippen molar-refractivity contribution in [2.45, 2.75) is 42.8 Å². The highest BCUT2D eigenvalue weighted by Gasteiger charge is 2.45. The number of halogens is 3. The molecule has 1 aliphatic heterocycles. The third-order valence-electron chi connectivity index (χ3n) is 7.55. The van der Waals surface area contributed by atoms with Crippen molar-refractivity contribution in [1.82, 2.24) is 9.62 Å². The molecular weight excluding hydrogens is 667 g/mol. The number of nitrogens with one attached hydrogen (secondary N) is 1. The average molecular weight is 696 g/mol. The summed E-state index contributed by atoms with van der Waals surface area (Å²) in [5.74, 6) is -1.38. The van der Waals surface area contributed by atoms with E-state index in [1.807, 2.05) is 54.6 Å². The van der Waals surface area contributed by atoms with Gasteiger partial charge in [0.05, 0.1) is 23.0 Å². The molecule has 1 heterocycles. The molecule has 0 saturated carbocycles. The molecule has 0 spiro atoms. The number of hydrogen-bond acceptors (Lipinski definition) is 4. The Kier molecular flexibility index (Phi) is 9.80. The first-order valence-corrected chi connectivity index (χ1v) is 16.5. The molecule has 0 aliphatic carbocycles. The minimum atomic E-state index is -4.34. The first-order valence-electron chi connectivity index (χ1n) is 13.9. The summed E-state index contributed by atoms with van der Waals surface area (Å²) in [7, 11) is -4.34. The van der Waals surface area contributed by atoms with Crippen LogP contribution < -0.4 is 5.32 Å². The summed E-state index contributed by atoms with van der Waals surface area (Å²) in [6.45, 7) is 1.41. The molecule has 6 nitrogen and oxygen atoms in total. The van der Waals surface area contributed by atoms with Gasteiger partial charge in [0, 0.05) is 15.1 Å². The van der Waals surface area contributed by atoms with E-state index < -0.39 is 39.9 Å². The first-order chi connectivity index (χ1) is 21.0. The van der Waals surface area contributed by atoms with Crippen LogP contribution in [0.15, 0.2) is 124 Å². The SMILES string of the molecule is CC(=O)[C@H](Cc1ccccc1)NC(=O)C1=CCC(c2cccc(Br)c2)N(S(=O)(=O)c2ccc(F)cc2)[C@H]1c1cccc(Cl)c1. The lowest BCUT2D eigenvalue weighted by molar-refractivity contribution is -0.125. The van der Waals surface area contributed by atoms with Gasteiger partial charge in [-0.05, 0) is 85.0 Å². The Morgan fingerprint density at radius 2 is 1.64 bits per heavy atom. The zero-order chi connectivity index (χ0) is 31.4. The molecular formula is C34H29BrClFN2O4S. The lowest BCUT2D eigenvalue weighted by atomic mass is 9.88. The van der Waals surface area contributed by atoms with Crippen LogP contribution in [0, 0.1) is 5.82 Å². The molecule has 0 bridgehead atoms. The van der Waals surface area contributed by atoms with Crippen molar-refractivity contribution in [1.29, 1.82) is 0 Å². The number of amides is 1. The minimum absolute atomic E-state index is 0.127. The van der Waals surface area contributed by atoms with E-state index in [-0.39, 0.29) is 29.1 Å². The van der Waals surface area contributed by atoms with Crippen LogP contribution in [0.25, 0.3) is 0 Å². The predicted octanol–water partition coefficient (Wildman–Crippen LogP) is 7.36. The minimum Gasteiger partial charge on any atom is -0.342 e. The summed E-state index contributed by atoms with van der Waals surface area (Å²) in [5, 5.41) is 3.22. The lowest BCUT2D eigenvalue weighted by Crippen LogP contribution is -2.47. The number of carbonyl (C=O) groups excluding carboxylic acids is 2. The first kappa shape index (κ1) is 31.8. The summed E-state index contributed by atoms with van der Waals surface area (Å²) in [4.78, 5) is 26.6. The van der Waals surface area contributed by atoms with Gasteiger partial charge in [-0.2, -0.15) is 4.31 Å². The molecule has 4 aromatic carbocycles. The molecule has 1 unspecified atom stereocenters. The highest BCUT2D eigenvalue weighted by atomic mass is 79.9. The van der Waals surface area contributed by atoms with Crippen molar-refractivity contribution in [2.24, 2.45) is 0 Å². The Labute approximate surface area is 269 Å². The molecule has 44 heavy (non-hydrogen) atoms. The highest BCUT2D eigenvalue weighted by molar-refractivity contribution is 9.10. The van der Waals surface area contributed by atoms with Gasteiger partial charge in [-0.3, -0.25) is 9.59 Å². The second-order valence-corrected chi connectivity index (χ2v) is 13.7. The summed E-state index contributed by atoms with van der Waals surface area (Å²) in [6.07, 6.45) is 2.16. The van der Waals surface area contributed by atoms with E-state index in [0.717, 1.165) is 22.2 Å². The lowest BCUT2D eigenvalue weighted by Gasteiger charge is -2.41. The quantitative estimate of drug-likeness (QED) is 0.198. The van der Waals surface area contributed by atoms with Crippen LogP contribution in [-0.2, 0) is 26.0 Å². The molecule has 0 saturated heterocycles. The Hall–Kier alpha value is -3.63. The van der Waals surface area contributed by atoms with Crippen molar-refractivity contribution >= 4 is 49.2 Å². The maximum absolute atomic E-state index is 14.5. The molecule has 1 amide bonds. The monoisotopic (exact) mass is 694 g/mol. The number of benzene rings is 4. The average Bonchev–Trinajstić information content (AvgIpc) is 3.00. The molecule has 1 N–H and O–H groups in total. The molecule has 226 valence electrons. The van der Waals surface area contributed by atoms with Gasteiger partial charge >= 0.3 is 0 Å². The smallest absolute Gasteiger partial charge is 0.249 e. The van der Waals surface area contributed by atoms with E-state index in [0.29, 0.717) is 16.1 Å². The Morgan fingerprint density at radius 1 is 0.955 bits per heavy atom. The fourth-order valence-electron chi connectivity index (χ4n) is 5.41. The number of sulfonamides is 1. The number of nitrogens with zero attached hydrogens (tertiary/aromatic N) is 1. The summed E-state index contributed by atoms with van der Waals surface area (Å²) in [6, 6.07) is 25.2. The van der Waals surface area contributed by atoms with E-state index in [1.54, 1.807) is 30.3 Å². The van der Waals surface area contributed by atoms with Crippen molar-refractivity contribution < 1.29 is 22.4 Å². The van der Waals surface area contributed by atoms with E-state index in [2.05, 4.69) is 21.2 Å². The standard InChI is InChI=1S/C34H29BrClFN2O4S/c1-22(40)31(19-23-7-3-2-4-8-23)38-34(41)30-17-18-32(24-9-5-11-26(35)20-24)39(33(30)25-10-6-12-27(36)21-25)44(42,43)29-15-13-28(37)14-16-29/h2-17,20-21,31-33H,18-19H2,1H3,(H,38,41)/t31-,32?,33-/m0/s1. The van der Waals surface area contributed by atoms with E-state index >= 15 is 0 Å². The molecule has 5 rings (SSSR count). The van der Waals surface area contributed by atoms with Gasteiger partial charge in [0.1, 0.15) is 5.82 Å². The van der Waals surface area contributed by atoms with E-state index in [1.165, 1.54) is 23.4 Å². The van der Waals surface area contributed by atoms with E-state index in [4.69, 9.17) is 11.6 Å².